The molecule has 1 aromatic carbocycles. The summed E-state index contributed by atoms with van der Waals surface area (Å²) in [5.74, 6) is 0. The van der Waals surface area contributed by atoms with E-state index in [1.54, 1.807) is 11.0 Å². The van der Waals surface area contributed by atoms with Crippen molar-refractivity contribution < 1.29 is 9.53 Å². The van der Waals surface area contributed by atoms with Crippen LogP contribution in [0.15, 0.2) is 35.6 Å². The molecule has 0 fully saturated rings. The van der Waals surface area contributed by atoms with E-state index < -0.39 is 5.60 Å². The van der Waals surface area contributed by atoms with Gasteiger partial charge in [-0.3, -0.25) is 0 Å². The van der Waals surface area contributed by atoms with E-state index in [0.717, 1.165) is 17.5 Å². The highest BCUT2D eigenvalue weighted by atomic mass is 35.5. The van der Waals surface area contributed by atoms with E-state index in [9.17, 15) is 9.70 Å². The third-order valence-corrected chi connectivity index (χ3v) is 4.65. The van der Waals surface area contributed by atoms with Gasteiger partial charge in [0.2, 0.25) is 0 Å². The Bertz CT molecular complexity index is 896. The van der Waals surface area contributed by atoms with Gasteiger partial charge in [-0.15, -0.1) is 4.91 Å². The van der Waals surface area contributed by atoms with Crippen molar-refractivity contribution in [2.24, 2.45) is 5.18 Å². The van der Waals surface area contributed by atoms with Crippen LogP contribution in [0.25, 0.3) is 0 Å². The predicted octanol–water partition coefficient (Wildman–Crippen LogP) is 5.04. The van der Waals surface area contributed by atoms with Gasteiger partial charge in [-0.25, -0.2) is 9.78 Å². The Kier molecular flexibility index (Phi) is 5.84. The maximum atomic E-state index is 12.5. The molecule has 8 heteroatoms. The van der Waals surface area contributed by atoms with Crippen LogP contribution in [-0.4, -0.2) is 28.1 Å². The molecule has 148 valence electrons. The summed E-state index contributed by atoms with van der Waals surface area (Å²) < 4.78 is 5.51. The lowest BCUT2D eigenvalue weighted by molar-refractivity contribution is 0.0223. The minimum absolute atomic E-state index is 0.199. The van der Waals surface area contributed by atoms with E-state index in [0.29, 0.717) is 25.3 Å². The number of hydrogen-bond acceptors (Lipinski definition) is 6. The van der Waals surface area contributed by atoms with Crippen molar-refractivity contribution in [3.63, 3.8) is 0 Å². The van der Waals surface area contributed by atoms with Gasteiger partial charge in [-0.05, 0) is 49.1 Å². The number of halogens is 1. The van der Waals surface area contributed by atoms with Crippen LogP contribution in [0.4, 0.5) is 16.2 Å². The Hall–Kier alpha value is -2.67. The average molecular weight is 403 g/mol. The molecule has 0 aliphatic carbocycles. The Morgan fingerprint density at radius 3 is 2.89 bits per heavy atom. The first-order valence-corrected chi connectivity index (χ1v) is 9.45. The lowest BCUT2D eigenvalue weighted by Gasteiger charge is -2.32. The third kappa shape index (κ3) is 4.78. The van der Waals surface area contributed by atoms with Crippen molar-refractivity contribution in [3.05, 3.63) is 57.2 Å². The molecule has 1 N–H and O–H groups in total. The second kappa shape index (κ2) is 8.14. The molecule has 0 atom stereocenters. The van der Waals surface area contributed by atoms with Crippen LogP contribution in [0.2, 0.25) is 5.15 Å². The Labute approximate surface area is 169 Å². The van der Waals surface area contributed by atoms with E-state index in [1.807, 2.05) is 32.9 Å². The normalized spacial score (nSPS) is 13.6. The molecule has 7 nitrogen and oxygen atoms in total. The summed E-state index contributed by atoms with van der Waals surface area (Å²) in [4.78, 5) is 29.0. The molecule has 2 heterocycles. The van der Waals surface area contributed by atoms with Crippen LogP contribution in [-0.2, 0) is 24.2 Å². The van der Waals surface area contributed by atoms with Gasteiger partial charge in [-0.2, -0.15) is 0 Å². The molecule has 1 aliphatic heterocycles. The molecule has 0 unspecified atom stereocenters. The largest absolute Gasteiger partial charge is 0.444 e. The second-order valence-corrected chi connectivity index (χ2v) is 8.06. The number of ether oxygens (including phenoxy) is 1. The maximum Gasteiger partial charge on any atom is 0.410 e. The van der Waals surface area contributed by atoms with Gasteiger partial charge >= 0.3 is 6.09 Å². The summed E-state index contributed by atoms with van der Waals surface area (Å²) in [5.41, 5.74) is 3.53. The van der Waals surface area contributed by atoms with Crippen LogP contribution in [0.1, 0.15) is 37.5 Å². The lowest BCUT2D eigenvalue weighted by atomic mass is 9.95. The molecule has 0 radical (unpaired) electrons. The molecule has 1 amide bonds. The zero-order valence-corrected chi connectivity index (χ0v) is 16.9. The summed E-state index contributed by atoms with van der Waals surface area (Å²) in [5, 5.41) is 6.46. The number of rotatable bonds is 4. The highest BCUT2D eigenvalue weighted by molar-refractivity contribution is 6.29. The molecule has 0 bridgehead atoms. The van der Waals surface area contributed by atoms with Crippen LogP contribution >= 0.6 is 11.6 Å². The molecule has 0 spiro atoms. The van der Waals surface area contributed by atoms with Crippen molar-refractivity contribution in [2.75, 3.05) is 11.9 Å². The quantitative estimate of drug-likeness (QED) is 0.572. The van der Waals surface area contributed by atoms with Crippen LogP contribution < -0.4 is 5.32 Å². The molecule has 0 saturated carbocycles. The van der Waals surface area contributed by atoms with Gasteiger partial charge in [0.05, 0.1) is 11.9 Å². The van der Waals surface area contributed by atoms with Gasteiger partial charge < -0.3 is 15.0 Å². The molecule has 1 aromatic heterocycles. The molecule has 0 saturated heterocycles. The number of carbonyl (C=O) groups excluding carboxylic acids is 1. The number of nitrogens with one attached hydrogen (secondary N) is 1. The first-order valence-electron chi connectivity index (χ1n) is 9.07. The SMILES string of the molecule is CC(C)(C)OC(=O)N1CCc2cccc(CNc3cc(Cl)ncc3N=O)c2C1. The number of carbonyl (C=O) groups is 1. The number of pyridine rings is 1. The number of hydrogen-bond donors (Lipinski definition) is 1. The summed E-state index contributed by atoms with van der Waals surface area (Å²) >= 11 is 5.92. The van der Waals surface area contributed by atoms with Crippen molar-refractivity contribution >= 4 is 29.1 Å². The van der Waals surface area contributed by atoms with Crippen molar-refractivity contribution in [1.82, 2.24) is 9.88 Å². The molecule has 28 heavy (non-hydrogen) atoms. The highest BCUT2D eigenvalue weighted by Gasteiger charge is 2.26. The number of nitroso groups, excluding NO2 is 1. The fraction of sp³-hybridized carbons (Fsp3) is 0.400. The number of benzene rings is 1. The monoisotopic (exact) mass is 402 g/mol. The van der Waals surface area contributed by atoms with Gasteiger partial charge in [0.25, 0.3) is 0 Å². The second-order valence-electron chi connectivity index (χ2n) is 7.68. The van der Waals surface area contributed by atoms with Crippen molar-refractivity contribution in [1.29, 1.82) is 0 Å². The van der Waals surface area contributed by atoms with E-state index in [2.05, 4.69) is 21.5 Å². The van der Waals surface area contributed by atoms with Gasteiger partial charge in [-0.1, -0.05) is 29.8 Å². The summed E-state index contributed by atoms with van der Waals surface area (Å²) in [6.45, 7) is 7.15. The minimum atomic E-state index is -0.530. The summed E-state index contributed by atoms with van der Waals surface area (Å²) in [7, 11) is 0. The van der Waals surface area contributed by atoms with Gasteiger partial charge in [0, 0.05) is 25.7 Å². The van der Waals surface area contributed by atoms with Crippen LogP contribution in [0.3, 0.4) is 0 Å². The standard InChI is InChI=1S/C20H23ClN4O3/c1-20(2,3)28-19(26)25-8-7-13-5-4-6-14(15(13)12-25)10-22-16-9-18(21)23-11-17(16)24-27/h4-6,9,11H,7-8,10,12H2,1-3H3,(H,22,23). The van der Waals surface area contributed by atoms with Gasteiger partial charge in [0.15, 0.2) is 0 Å². The molecule has 1 aliphatic rings. The van der Waals surface area contributed by atoms with Crippen LogP contribution in [0.5, 0.6) is 0 Å². The fourth-order valence-corrected chi connectivity index (χ4v) is 3.28. The predicted molar refractivity (Wildman–Crippen MR) is 109 cm³/mol. The smallest absolute Gasteiger partial charge is 0.410 e. The summed E-state index contributed by atoms with van der Waals surface area (Å²) in [6, 6.07) is 7.65. The van der Waals surface area contributed by atoms with E-state index in [4.69, 9.17) is 16.3 Å². The van der Waals surface area contributed by atoms with Crippen molar-refractivity contribution in [2.45, 2.75) is 45.9 Å². The number of anilines is 1. The van der Waals surface area contributed by atoms with E-state index >= 15 is 0 Å². The third-order valence-electron chi connectivity index (χ3n) is 4.44. The number of aromatic nitrogens is 1. The summed E-state index contributed by atoms with van der Waals surface area (Å²) in [6.07, 6.45) is 1.79. The topological polar surface area (TPSA) is 83.9 Å². The first kappa shape index (κ1) is 20.1. The molecular formula is C20H23ClN4O3. The molecule has 3 rings (SSSR count). The Morgan fingerprint density at radius 2 is 2.18 bits per heavy atom. The average Bonchev–Trinajstić information content (AvgIpc) is 2.64. The zero-order chi connectivity index (χ0) is 20.3. The number of nitrogens with zero attached hydrogens (tertiary/aromatic N) is 3. The fourth-order valence-electron chi connectivity index (χ4n) is 3.13. The first-order chi connectivity index (χ1) is 13.3. The number of fused-ring (bicyclic) bond motifs is 1. The Balaban J connectivity index is 1.78. The Morgan fingerprint density at radius 1 is 1.39 bits per heavy atom. The zero-order valence-electron chi connectivity index (χ0n) is 16.2. The van der Waals surface area contributed by atoms with Crippen molar-refractivity contribution in [3.8, 4) is 0 Å². The number of amides is 1. The highest BCUT2D eigenvalue weighted by Crippen LogP contribution is 2.29. The van der Waals surface area contributed by atoms with Crippen LogP contribution in [0, 0.1) is 4.91 Å². The minimum Gasteiger partial charge on any atom is -0.444 e. The van der Waals surface area contributed by atoms with E-state index in [-0.39, 0.29) is 16.9 Å². The maximum absolute atomic E-state index is 12.5. The molecule has 2 aromatic rings. The lowest BCUT2D eigenvalue weighted by Crippen LogP contribution is -2.40. The van der Waals surface area contributed by atoms with E-state index in [1.165, 1.54) is 11.8 Å². The van der Waals surface area contributed by atoms with Gasteiger partial charge in [0.1, 0.15) is 16.4 Å². The molecular weight excluding hydrogens is 380 g/mol.